The van der Waals surface area contributed by atoms with E-state index in [4.69, 9.17) is 26.8 Å². The summed E-state index contributed by atoms with van der Waals surface area (Å²) in [6, 6.07) is 0. The molecule has 0 fully saturated rings. The van der Waals surface area contributed by atoms with Gasteiger partial charge < -0.3 is 2.85 Å². The normalized spacial score (nSPS) is 10.7. The fraction of sp³-hybridized carbons (Fsp3) is 1.00. The molecule has 0 bridgehead atoms. The van der Waals surface area contributed by atoms with Gasteiger partial charge in [-0.15, -0.1) is 0 Å². The largest absolute Gasteiger partial charge is 2.00 e. The van der Waals surface area contributed by atoms with Gasteiger partial charge in [0.15, 0.2) is 0 Å². The second-order valence-electron chi connectivity index (χ2n) is 1.72. The molecule has 0 nitrogen and oxygen atoms in total. The second kappa shape index (κ2) is 7.57. The van der Waals surface area contributed by atoms with Gasteiger partial charge in [0.2, 0.25) is 0 Å². The predicted molar refractivity (Wildman–Crippen MR) is 51.0 cm³/mol. The average molecular weight is 324 g/mol. The van der Waals surface area contributed by atoms with E-state index >= 15 is 0 Å². The molecule has 0 heterocycles. The van der Waals surface area contributed by atoms with Crippen LogP contribution < -0.4 is 0 Å². The van der Waals surface area contributed by atoms with Gasteiger partial charge in [-0.05, 0) is 0 Å². The molecule has 0 saturated heterocycles. The van der Waals surface area contributed by atoms with E-state index in [9.17, 15) is 0 Å². The molecular weight excluding hydrogens is 313 g/mol. The zero-order valence-electron chi connectivity index (χ0n) is 7.46. The van der Waals surface area contributed by atoms with Crippen LogP contribution in [0.25, 0.3) is 0 Å². The van der Waals surface area contributed by atoms with Gasteiger partial charge >= 0.3 is 104 Å². The molecule has 0 aliphatic rings. The SMILES string of the molecule is CCC[CH2][Sn]([Cl])([Cl])[Cl].[Ca+2].[H-].[H-]. The molecule has 9 heavy (non-hydrogen) atoms. The Morgan fingerprint density at radius 1 is 1.33 bits per heavy atom. The minimum absolute atomic E-state index is 0. The van der Waals surface area contributed by atoms with E-state index in [-0.39, 0.29) is 40.6 Å². The van der Waals surface area contributed by atoms with Gasteiger partial charge in [-0.1, -0.05) is 0 Å². The molecule has 54 valence electrons. The topological polar surface area (TPSA) is 0 Å². The summed E-state index contributed by atoms with van der Waals surface area (Å²) in [5, 5.41) is 0. The Morgan fingerprint density at radius 2 is 1.78 bits per heavy atom. The molecule has 0 N–H and O–H groups in total. The number of halogens is 3. The minimum atomic E-state index is -2.89. The Labute approximate surface area is 105 Å². The Morgan fingerprint density at radius 3 is 1.89 bits per heavy atom. The molecule has 0 aliphatic heterocycles. The van der Waals surface area contributed by atoms with Gasteiger partial charge in [0, 0.05) is 0 Å². The van der Waals surface area contributed by atoms with Crippen LogP contribution in [0.5, 0.6) is 0 Å². The third-order valence-electron chi connectivity index (χ3n) is 0.814. The van der Waals surface area contributed by atoms with Crippen LogP contribution in [0.2, 0.25) is 4.44 Å². The molecule has 0 atom stereocenters. The van der Waals surface area contributed by atoms with Gasteiger partial charge in [-0.2, -0.15) is 0 Å². The van der Waals surface area contributed by atoms with E-state index in [1.807, 2.05) is 0 Å². The zero-order valence-corrected chi connectivity index (χ0v) is 12.8. The third-order valence-corrected chi connectivity index (χ3v) is 7.24. The van der Waals surface area contributed by atoms with E-state index in [1.165, 1.54) is 0 Å². The number of hydrogen-bond acceptors (Lipinski definition) is 0. The van der Waals surface area contributed by atoms with Crippen LogP contribution in [0.15, 0.2) is 0 Å². The third kappa shape index (κ3) is 13.9. The van der Waals surface area contributed by atoms with Crippen molar-refractivity contribution in [3.63, 3.8) is 0 Å². The van der Waals surface area contributed by atoms with E-state index in [0.717, 1.165) is 17.3 Å². The van der Waals surface area contributed by atoms with Crippen LogP contribution >= 0.6 is 26.8 Å². The van der Waals surface area contributed by atoms with Crippen molar-refractivity contribution in [3.05, 3.63) is 0 Å². The summed E-state index contributed by atoms with van der Waals surface area (Å²) in [5.41, 5.74) is 0. The van der Waals surface area contributed by atoms with Crippen molar-refractivity contribution >= 4 is 79.5 Å². The summed E-state index contributed by atoms with van der Waals surface area (Å²) in [4.78, 5) is 0. The number of hydrogen-bond donors (Lipinski definition) is 0. The maximum absolute atomic E-state index is 5.65. The van der Waals surface area contributed by atoms with E-state index in [2.05, 4.69) is 6.92 Å². The van der Waals surface area contributed by atoms with Crippen molar-refractivity contribution in [1.82, 2.24) is 0 Å². The zero-order chi connectivity index (χ0) is 6.62. The minimum Gasteiger partial charge on any atom is -1.00 e. The Bertz CT molecular complexity index is 70.8. The first-order valence-corrected chi connectivity index (χ1v) is 15.5. The smallest absolute Gasteiger partial charge is 1.00 e. The summed E-state index contributed by atoms with van der Waals surface area (Å²) in [6.45, 7) is 2.10. The molecule has 0 saturated carbocycles. The van der Waals surface area contributed by atoms with Crippen LogP contribution in [-0.2, 0) is 0 Å². The monoisotopic (exact) mass is 324 g/mol. The molecule has 0 amide bonds. The van der Waals surface area contributed by atoms with Gasteiger partial charge in [-0.3, -0.25) is 0 Å². The molecule has 0 rings (SSSR count). The first-order chi connectivity index (χ1) is 3.56. The molecule has 0 aromatic heterocycles. The first kappa shape index (κ1) is 14.5. The predicted octanol–water partition coefficient (Wildman–Crippen LogP) is 3.29. The summed E-state index contributed by atoms with van der Waals surface area (Å²) in [7, 11) is 17.0. The Balaban J connectivity index is -0.0000000817. The van der Waals surface area contributed by atoms with Crippen molar-refractivity contribution in [3.8, 4) is 0 Å². The van der Waals surface area contributed by atoms with Crippen molar-refractivity contribution < 1.29 is 2.85 Å². The average Bonchev–Trinajstić information content (AvgIpc) is 1.59. The van der Waals surface area contributed by atoms with Crippen molar-refractivity contribution in [2.24, 2.45) is 0 Å². The fourth-order valence-electron chi connectivity index (χ4n) is 0.377. The van der Waals surface area contributed by atoms with Crippen molar-refractivity contribution in [1.29, 1.82) is 0 Å². The van der Waals surface area contributed by atoms with Crippen LogP contribution in [0.4, 0.5) is 0 Å². The van der Waals surface area contributed by atoms with Gasteiger partial charge in [0.1, 0.15) is 0 Å². The number of unbranched alkanes of at least 4 members (excludes halogenated alkanes) is 1. The summed E-state index contributed by atoms with van der Waals surface area (Å²) in [6.07, 6.45) is 2.21. The Kier molecular flexibility index (Phi) is 12.2. The van der Waals surface area contributed by atoms with Gasteiger partial charge in [0.25, 0.3) is 0 Å². The van der Waals surface area contributed by atoms with Crippen LogP contribution in [-0.4, -0.2) is 52.7 Å². The summed E-state index contributed by atoms with van der Waals surface area (Å²) >= 11 is -2.89. The Hall–Kier alpha value is 2.93. The van der Waals surface area contributed by atoms with Crippen LogP contribution in [0, 0.1) is 0 Å². The van der Waals surface area contributed by atoms with Crippen molar-refractivity contribution in [2.75, 3.05) is 0 Å². The van der Waals surface area contributed by atoms with E-state index < -0.39 is 15.0 Å². The molecule has 0 radical (unpaired) electrons. The standard InChI is InChI=1S/C4H9.Ca.3ClH.Sn.2H/c1-3-4-2;;;;;;;/h1,3-4H2,2H3;;3*1H;;;/q;+2;;;;+3;2*-1/p-3. The molecule has 0 aromatic carbocycles. The van der Waals surface area contributed by atoms with E-state index in [0.29, 0.717) is 0 Å². The molecule has 0 unspecified atom stereocenters. The summed E-state index contributed by atoms with van der Waals surface area (Å²) in [5.74, 6) is 0. The maximum Gasteiger partial charge on any atom is 2.00 e. The molecule has 0 aromatic rings. The first-order valence-electron chi connectivity index (χ1n) is 2.63. The molecule has 0 spiro atoms. The van der Waals surface area contributed by atoms with Crippen LogP contribution in [0.3, 0.4) is 0 Å². The second-order valence-corrected chi connectivity index (χ2v) is 23.5. The van der Waals surface area contributed by atoms with E-state index in [1.54, 1.807) is 0 Å². The number of rotatable bonds is 3. The molecular formula is C4H11CaCl3Sn. The fourth-order valence-corrected chi connectivity index (χ4v) is 5.22. The molecule has 0 aliphatic carbocycles. The summed E-state index contributed by atoms with van der Waals surface area (Å²) < 4.78 is 0.871. The van der Waals surface area contributed by atoms with Crippen LogP contribution in [0.1, 0.15) is 22.6 Å². The van der Waals surface area contributed by atoms with Gasteiger partial charge in [-0.25, -0.2) is 0 Å². The van der Waals surface area contributed by atoms with Gasteiger partial charge in [0.05, 0.1) is 0 Å². The molecule has 5 heteroatoms. The quantitative estimate of drug-likeness (QED) is 0.699. The van der Waals surface area contributed by atoms with Crippen molar-refractivity contribution in [2.45, 2.75) is 24.2 Å². The maximum atomic E-state index is 5.65.